The third-order valence-electron chi connectivity index (χ3n) is 3.19. The third-order valence-corrected chi connectivity index (χ3v) is 3.95. The predicted octanol–water partition coefficient (Wildman–Crippen LogP) is 4.11. The molecule has 0 fully saturated rings. The van der Waals surface area contributed by atoms with Crippen molar-refractivity contribution < 1.29 is 0 Å². The Morgan fingerprint density at radius 2 is 2.21 bits per heavy atom. The van der Waals surface area contributed by atoms with Gasteiger partial charge in [0.05, 0.1) is 5.69 Å². The minimum atomic E-state index is 0.942. The lowest BCUT2D eigenvalue weighted by Gasteiger charge is -2.11. The second-order valence-electron chi connectivity index (χ2n) is 4.82. The molecule has 19 heavy (non-hydrogen) atoms. The normalized spacial score (nSPS) is 15.1. The zero-order valence-electron chi connectivity index (χ0n) is 11.0. The Morgan fingerprint density at radius 1 is 1.26 bits per heavy atom. The van der Waals surface area contributed by atoms with Gasteiger partial charge in [-0.15, -0.1) is 11.3 Å². The van der Waals surface area contributed by atoms with Gasteiger partial charge in [0.2, 0.25) is 0 Å². The van der Waals surface area contributed by atoms with Crippen molar-refractivity contribution in [2.24, 2.45) is 4.99 Å². The molecule has 1 N–H and O–H groups in total. The highest BCUT2D eigenvalue weighted by atomic mass is 32.1. The molecule has 0 aliphatic carbocycles. The molecule has 0 saturated carbocycles. The van der Waals surface area contributed by atoms with Gasteiger partial charge in [-0.3, -0.25) is 4.99 Å². The van der Waals surface area contributed by atoms with Gasteiger partial charge in [-0.2, -0.15) is 0 Å². The van der Waals surface area contributed by atoms with Crippen LogP contribution in [0, 0.1) is 6.92 Å². The molecule has 1 aliphatic heterocycles. The SMILES string of the molecule is Cc1cccc(-c2csc(NC3=NCCCC3)n2)c1. The Bertz CT molecular complexity index is 601. The van der Waals surface area contributed by atoms with Gasteiger partial charge in [0.15, 0.2) is 5.13 Å². The summed E-state index contributed by atoms with van der Waals surface area (Å²) in [4.78, 5) is 9.14. The van der Waals surface area contributed by atoms with Crippen LogP contribution in [-0.4, -0.2) is 17.4 Å². The summed E-state index contributed by atoms with van der Waals surface area (Å²) in [6, 6.07) is 8.44. The summed E-state index contributed by atoms with van der Waals surface area (Å²) < 4.78 is 0. The number of hydrogen-bond acceptors (Lipinski definition) is 4. The lowest BCUT2D eigenvalue weighted by molar-refractivity contribution is 0.737. The average Bonchev–Trinajstić information content (AvgIpc) is 2.88. The van der Waals surface area contributed by atoms with Crippen LogP contribution in [0.5, 0.6) is 0 Å². The van der Waals surface area contributed by atoms with E-state index in [4.69, 9.17) is 0 Å². The van der Waals surface area contributed by atoms with Gasteiger partial charge in [-0.1, -0.05) is 23.8 Å². The Labute approximate surface area is 117 Å². The molecule has 0 atom stereocenters. The first kappa shape index (κ1) is 12.4. The minimum Gasteiger partial charge on any atom is -0.320 e. The molecule has 0 unspecified atom stereocenters. The van der Waals surface area contributed by atoms with Gasteiger partial charge < -0.3 is 5.32 Å². The number of amidine groups is 1. The van der Waals surface area contributed by atoms with Crippen molar-refractivity contribution in [3.8, 4) is 11.3 Å². The Hall–Kier alpha value is -1.68. The van der Waals surface area contributed by atoms with Crippen LogP contribution in [0.25, 0.3) is 11.3 Å². The average molecular weight is 271 g/mol. The van der Waals surface area contributed by atoms with Crippen LogP contribution in [0.2, 0.25) is 0 Å². The van der Waals surface area contributed by atoms with Crippen LogP contribution >= 0.6 is 11.3 Å². The van der Waals surface area contributed by atoms with Gasteiger partial charge in [0, 0.05) is 23.9 Å². The minimum absolute atomic E-state index is 0.942. The maximum Gasteiger partial charge on any atom is 0.188 e. The molecule has 0 saturated heterocycles. The van der Waals surface area contributed by atoms with Gasteiger partial charge in [-0.05, 0) is 25.8 Å². The van der Waals surface area contributed by atoms with Crippen molar-refractivity contribution in [1.82, 2.24) is 4.98 Å². The lowest BCUT2D eigenvalue weighted by atomic mass is 10.1. The van der Waals surface area contributed by atoms with Crippen molar-refractivity contribution in [2.45, 2.75) is 26.2 Å². The summed E-state index contributed by atoms with van der Waals surface area (Å²) >= 11 is 1.64. The first-order valence-electron chi connectivity index (χ1n) is 6.64. The molecule has 0 radical (unpaired) electrons. The zero-order valence-corrected chi connectivity index (χ0v) is 11.8. The largest absolute Gasteiger partial charge is 0.320 e. The fourth-order valence-electron chi connectivity index (χ4n) is 2.19. The molecule has 1 aliphatic rings. The fraction of sp³-hybridized carbons (Fsp3) is 0.333. The molecular formula is C15H17N3S. The van der Waals surface area contributed by atoms with E-state index in [0.717, 1.165) is 29.6 Å². The van der Waals surface area contributed by atoms with E-state index >= 15 is 0 Å². The van der Waals surface area contributed by atoms with Crippen LogP contribution in [0.3, 0.4) is 0 Å². The van der Waals surface area contributed by atoms with E-state index in [9.17, 15) is 0 Å². The number of anilines is 1. The lowest BCUT2D eigenvalue weighted by Crippen LogP contribution is -2.15. The van der Waals surface area contributed by atoms with Gasteiger partial charge in [-0.25, -0.2) is 4.98 Å². The van der Waals surface area contributed by atoms with Gasteiger partial charge in [0.25, 0.3) is 0 Å². The highest BCUT2D eigenvalue weighted by molar-refractivity contribution is 7.14. The summed E-state index contributed by atoms with van der Waals surface area (Å²) in [5.74, 6) is 1.08. The molecule has 0 amide bonds. The van der Waals surface area contributed by atoms with Crippen molar-refractivity contribution in [3.05, 3.63) is 35.2 Å². The van der Waals surface area contributed by atoms with E-state index in [1.54, 1.807) is 11.3 Å². The van der Waals surface area contributed by atoms with Crippen molar-refractivity contribution >= 4 is 22.3 Å². The van der Waals surface area contributed by atoms with Crippen LogP contribution < -0.4 is 5.32 Å². The molecule has 0 bridgehead atoms. The summed E-state index contributed by atoms with van der Waals surface area (Å²) in [5.41, 5.74) is 3.47. The van der Waals surface area contributed by atoms with Crippen molar-refractivity contribution in [3.63, 3.8) is 0 Å². The number of aryl methyl sites for hydroxylation is 1. The number of thiazole rings is 1. The van der Waals surface area contributed by atoms with Crippen LogP contribution in [0.4, 0.5) is 5.13 Å². The molecule has 2 heterocycles. The highest BCUT2D eigenvalue weighted by Gasteiger charge is 2.09. The zero-order chi connectivity index (χ0) is 13.1. The van der Waals surface area contributed by atoms with Crippen LogP contribution in [0.1, 0.15) is 24.8 Å². The second-order valence-corrected chi connectivity index (χ2v) is 5.68. The van der Waals surface area contributed by atoms with Gasteiger partial charge in [0.1, 0.15) is 5.84 Å². The van der Waals surface area contributed by atoms with E-state index in [2.05, 4.69) is 51.9 Å². The predicted molar refractivity (Wildman–Crippen MR) is 82.1 cm³/mol. The molecule has 1 aromatic heterocycles. The number of nitrogens with one attached hydrogen (secondary N) is 1. The molecule has 3 nitrogen and oxygen atoms in total. The summed E-state index contributed by atoms with van der Waals surface area (Å²) in [7, 11) is 0. The number of benzene rings is 1. The molecule has 1 aromatic carbocycles. The maximum absolute atomic E-state index is 4.64. The highest BCUT2D eigenvalue weighted by Crippen LogP contribution is 2.26. The number of nitrogens with zero attached hydrogens (tertiary/aromatic N) is 2. The third kappa shape index (κ3) is 3.01. The molecule has 3 rings (SSSR count). The van der Waals surface area contributed by atoms with Crippen LogP contribution in [0.15, 0.2) is 34.6 Å². The smallest absolute Gasteiger partial charge is 0.188 e. The standard InChI is InChI=1S/C15H17N3S/c1-11-5-4-6-12(9-11)13-10-19-15(17-13)18-14-7-2-3-8-16-14/h4-6,9-10H,2-3,7-8H2,1H3,(H,16,17,18). The fourth-order valence-corrected chi connectivity index (χ4v) is 2.93. The second kappa shape index (κ2) is 5.53. The first-order chi connectivity index (χ1) is 9.31. The first-order valence-corrected chi connectivity index (χ1v) is 7.52. The maximum atomic E-state index is 4.64. The molecular weight excluding hydrogens is 254 g/mol. The van der Waals surface area contributed by atoms with E-state index in [0.29, 0.717) is 0 Å². The Morgan fingerprint density at radius 3 is 3.00 bits per heavy atom. The van der Waals surface area contributed by atoms with E-state index in [-0.39, 0.29) is 0 Å². The topological polar surface area (TPSA) is 37.3 Å². The molecule has 2 aromatic rings. The van der Waals surface area contributed by atoms with E-state index < -0.39 is 0 Å². The van der Waals surface area contributed by atoms with Gasteiger partial charge >= 0.3 is 0 Å². The summed E-state index contributed by atoms with van der Waals surface area (Å²) in [5, 5.41) is 6.38. The van der Waals surface area contributed by atoms with Crippen molar-refractivity contribution in [2.75, 3.05) is 11.9 Å². The molecule has 4 heteroatoms. The number of aromatic nitrogens is 1. The van der Waals surface area contributed by atoms with Crippen LogP contribution in [-0.2, 0) is 0 Å². The number of rotatable bonds is 2. The van der Waals surface area contributed by atoms with E-state index in [1.807, 2.05) is 0 Å². The van der Waals surface area contributed by atoms with Crippen molar-refractivity contribution in [1.29, 1.82) is 0 Å². The molecule has 98 valence electrons. The Balaban J connectivity index is 1.77. The number of hydrogen-bond donors (Lipinski definition) is 1. The Kier molecular flexibility index (Phi) is 3.60. The summed E-state index contributed by atoms with van der Waals surface area (Å²) in [6.45, 7) is 3.05. The summed E-state index contributed by atoms with van der Waals surface area (Å²) in [6.07, 6.45) is 3.47. The monoisotopic (exact) mass is 271 g/mol. The number of aliphatic imine (C=N–C) groups is 1. The quantitative estimate of drug-likeness (QED) is 0.892. The molecule has 0 spiro atoms. The van der Waals surface area contributed by atoms with E-state index in [1.165, 1.54) is 24.0 Å².